The Labute approximate surface area is 154 Å². The lowest BCUT2D eigenvalue weighted by Crippen LogP contribution is -2.28. The van der Waals surface area contributed by atoms with Gasteiger partial charge in [0, 0.05) is 32.2 Å². The molecule has 3 rings (SSSR count). The Morgan fingerprint density at radius 1 is 1.42 bits per heavy atom. The number of hydrogen-bond donors (Lipinski definition) is 1. The van der Waals surface area contributed by atoms with Crippen molar-refractivity contribution < 1.29 is 18.7 Å². The van der Waals surface area contributed by atoms with Crippen LogP contribution < -0.4 is 5.32 Å². The molecule has 2 atom stereocenters. The average Bonchev–Trinajstić information content (AvgIpc) is 3.17. The first-order chi connectivity index (χ1) is 12.3. The molecule has 0 saturated carbocycles. The van der Waals surface area contributed by atoms with Crippen LogP contribution in [0.2, 0.25) is 0 Å². The third-order valence-electron chi connectivity index (χ3n) is 4.60. The molecule has 2 aliphatic rings. The van der Waals surface area contributed by atoms with Crippen LogP contribution >= 0.6 is 0 Å². The number of nitrogens with one attached hydrogen (secondary N) is 1. The largest absolute Gasteiger partial charge is 0.444 e. The summed E-state index contributed by atoms with van der Waals surface area (Å²) in [6, 6.07) is 3.79. The lowest BCUT2D eigenvalue weighted by Gasteiger charge is -2.21. The molecule has 0 spiro atoms. The van der Waals surface area contributed by atoms with Gasteiger partial charge in [-0.15, -0.1) is 0 Å². The number of amides is 1. The van der Waals surface area contributed by atoms with Gasteiger partial charge in [-0.3, -0.25) is 10.2 Å². The maximum absolute atomic E-state index is 13.5. The summed E-state index contributed by atoms with van der Waals surface area (Å²) in [6.45, 7) is 8.62. The Balaban J connectivity index is 1.76. The zero-order valence-corrected chi connectivity index (χ0v) is 15.8. The molecule has 144 valence electrons. The zero-order chi connectivity index (χ0) is 18.7. The maximum atomic E-state index is 13.5. The van der Waals surface area contributed by atoms with Crippen molar-refractivity contribution >= 4 is 11.9 Å². The van der Waals surface area contributed by atoms with Crippen molar-refractivity contribution in [2.24, 2.45) is 0 Å². The van der Waals surface area contributed by atoms with Crippen molar-refractivity contribution in [3.05, 3.63) is 23.4 Å². The highest BCUT2D eigenvalue weighted by Crippen LogP contribution is 2.30. The van der Waals surface area contributed by atoms with Gasteiger partial charge in [-0.2, -0.15) is 0 Å². The zero-order valence-electron chi connectivity index (χ0n) is 15.8. The van der Waals surface area contributed by atoms with Crippen LogP contribution in [0, 0.1) is 0 Å². The van der Waals surface area contributed by atoms with E-state index in [4.69, 9.17) is 9.47 Å². The molecular weight excluding hydrogens is 337 g/mol. The van der Waals surface area contributed by atoms with E-state index in [0.29, 0.717) is 37.9 Å². The number of likely N-dealkylation sites (tertiary alicyclic amines) is 1. The van der Waals surface area contributed by atoms with Crippen molar-refractivity contribution in [3.63, 3.8) is 0 Å². The van der Waals surface area contributed by atoms with Crippen LogP contribution in [0.3, 0.4) is 0 Å². The standard InChI is InChI=1S/C19H28FN3O3/c1-19(2,3)26-18(24)22-17-5-4-15(13-7-9-25-12-13)16(21-17)11-23-8-6-14(20)10-23/h4-5,13-14H,6-12H2,1-3H3,(H,21,22,24)/t13?,14-/m1/s1. The smallest absolute Gasteiger partial charge is 0.413 e. The molecule has 2 fully saturated rings. The summed E-state index contributed by atoms with van der Waals surface area (Å²) in [6.07, 6.45) is 0.228. The van der Waals surface area contributed by atoms with Crippen molar-refractivity contribution in [1.29, 1.82) is 0 Å². The van der Waals surface area contributed by atoms with Gasteiger partial charge in [0.25, 0.3) is 0 Å². The number of hydrogen-bond acceptors (Lipinski definition) is 5. The van der Waals surface area contributed by atoms with Crippen molar-refractivity contribution in [1.82, 2.24) is 9.88 Å². The minimum atomic E-state index is -0.767. The summed E-state index contributed by atoms with van der Waals surface area (Å²) in [7, 11) is 0. The van der Waals surface area contributed by atoms with E-state index >= 15 is 0 Å². The first-order valence-corrected chi connectivity index (χ1v) is 9.24. The number of anilines is 1. The van der Waals surface area contributed by atoms with E-state index in [0.717, 1.165) is 30.8 Å². The SMILES string of the molecule is CC(C)(C)OC(=O)Nc1ccc(C2CCOC2)c(CN2CC[C@@H](F)C2)n1. The Bertz CT molecular complexity index is 641. The predicted octanol–water partition coefficient (Wildman–Crippen LogP) is 3.48. The molecule has 0 radical (unpaired) electrons. The van der Waals surface area contributed by atoms with Gasteiger partial charge in [-0.05, 0) is 45.2 Å². The minimum Gasteiger partial charge on any atom is -0.444 e. The summed E-state index contributed by atoms with van der Waals surface area (Å²) >= 11 is 0. The molecular formula is C19H28FN3O3. The minimum absolute atomic E-state index is 0.303. The fourth-order valence-corrected chi connectivity index (χ4v) is 3.41. The van der Waals surface area contributed by atoms with Gasteiger partial charge < -0.3 is 9.47 Å². The number of carbonyl (C=O) groups is 1. The number of halogens is 1. The molecule has 1 amide bonds. The van der Waals surface area contributed by atoms with Gasteiger partial charge in [-0.25, -0.2) is 14.2 Å². The summed E-state index contributed by atoms with van der Waals surface area (Å²) in [5, 5.41) is 2.69. The van der Waals surface area contributed by atoms with E-state index in [1.807, 2.05) is 26.8 Å². The molecule has 0 aromatic carbocycles. The van der Waals surface area contributed by atoms with Crippen molar-refractivity contribution in [2.45, 2.75) is 57.8 Å². The molecule has 1 aromatic rings. The van der Waals surface area contributed by atoms with E-state index in [9.17, 15) is 9.18 Å². The average molecular weight is 365 g/mol. The molecule has 1 N–H and O–H groups in total. The Kier molecular flexibility index (Phi) is 5.77. The van der Waals surface area contributed by atoms with E-state index in [1.165, 1.54) is 0 Å². The molecule has 1 unspecified atom stereocenters. The summed E-state index contributed by atoms with van der Waals surface area (Å²) in [4.78, 5) is 18.7. The topological polar surface area (TPSA) is 63.7 Å². The molecule has 6 nitrogen and oxygen atoms in total. The number of rotatable bonds is 4. The first kappa shape index (κ1) is 19.0. The number of nitrogens with zero attached hydrogens (tertiary/aromatic N) is 2. The Morgan fingerprint density at radius 2 is 2.23 bits per heavy atom. The second kappa shape index (κ2) is 7.88. The highest BCUT2D eigenvalue weighted by atomic mass is 19.1. The monoisotopic (exact) mass is 365 g/mol. The number of carbonyl (C=O) groups excluding carboxylic acids is 1. The van der Waals surface area contributed by atoms with Crippen LogP contribution in [-0.2, 0) is 16.0 Å². The molecule has 0 aliphatic carbocycles. The lowest BCUT2D eigenvalue weighted by atomic mass is 9.96. The second-order valence-corrected chi connectivity index (χ2v) is 8.04. The van der Waals surface area contributed by atoms with Crippen LogP contribution in [0.1, 0.15) is 50.8 Å². The van der Waals surface area contributed by atoms with Crippen LogP contribution in [0.4, 0.5) is 15.0 Å². The quantitative estimate of drug-likeness (QED) is 0.885. The number of ether oxygens (including phenoxy) is 2. The maximum Gasteiger partial charge on any atom is 0.413 e. The van der Waals surface area contributed by atoms with Crippen molar-refractivity contribution in [3.8, 4) is 0 Å². The van der Waals surface area contributed by atoms with Gasteiger partial charge in [0.1, 0.15) is 17.6 Å². The number of aromatic nitrogens is 1. The van der Waals surface area contributed by atoms with Crippen molar-refractivity contribution in [2.75, 3.05) is 31.6 Å². The van der Waals surface area contributed by atoms with E-state index in [2.05, 4.69) is 15.2 Å². The van der Waals surface area contributed by atoms with E-state index < -0.39 is 17.9 Å². The molecule has 0 bridgehead atoms. The fourth-order valence-electron chi connectivity index (χ4n) is 3.41. The summed E-state index contributed by atoms with van der Waals surface area (Å²) in [5.41, 5.74) is 1.43. The van der Waals surface area contributed by atoms with Gasteiger partial charge >= 0.3 is 6.09 Å². The molecule has 1 aromatic heterocycles. The first-order valence-electron chi connectivity index (χ1n) is 9.24. The van der Waals surface area contributed by atoms with Gasteiger partial charge in [0.05, 0.1) is 12.3 Å². The van der Waals surface area contributed by atoms with Crippen LogP contribution in [0.15, 0.2) is 12.1 Å². The molecule has 2 saturated heterocycles. The number of alkyl halides is 1. The van der Waals surface area contributed by atoms with Crippen LogP contribution in [-0.4, -0.2) is 54.1 Å². The molecule has 2 aliphatic heterocycles. The van der Waals surface area contributed by atoms with E-state index in [-0.39, 0.29) is 0 Å². The van der Waals surface area contributed by atoms with Crippen LogP contribution in [0.25, 0.3) is 0 Å². The predicted molar refractivity (Wildman–Crippen MR) is 97.1 cm³/mol. The lowest BCUT2D eigenvalue weighted by molar-refractivity contribution is 0.0635. The molecule has 26 heavy (non-hydrogen) atoms. The second-order valence-electron chi connectivity index (χ2n) is 8.04. The van der Waals surface area contributed by atoms with Crippen LogP contribution in [0.5, 0.6) is 0 Å². The van der Waals surface area contributed by atoms with E-state index in [1.54, 1.807) is 6.07 Å². The van der Waals surface area contributed by atoms with Gasteiger partial charge in [-0.1, -0.05) is 6.07 Å². The van der Waals surface area contributed by atoms with Gasteiger partial charge in [0.2, 0.25) is 0 Å². The summed E-state index contributed by atoms with van der Waals surface area (Å²) < 4.78 is 24.3. The summed E-state index contributed by atoms with van der Waals surface area (Å²) in [5.74, 6) is 0.754. The highest BCUT2D eigenvalue weighted by Gasteiger charge is 2.26. The third-order valence-corrected chi connectivity index (χ3v) is 4.60. The normalized spacial score (nSPS) is 24.0. The third kappa shape index (κ3) is 5.14. The highest BCUT2D eigenvalue weighted by molar-refractivity contribution is 5.83. The number of pyridine rings is 1. The Hall–Kier alpha value is -1.73. The van der Waals surface area contributed by atoms with Gasteiger partial charge in [0.15, 0.2) is 0 Å². The fraction of sp³-hybridized carbons (Fsp3) is 0.684. The Morgan fingerprint density at radius 3 is 2.85 bits per heavy atom. The molecule has 3 heterocycles. The molecule has 7 heteroatoms.